The molecule has 0 bridgehead atoms. The number of fused-ring (bicyclic) bond motifs is 1. The maximum absolute atomic E-state index is 11.7. The molecule has 2 fully saturated rings. The summed E-state index contributed by atoms with van der Waals surface area (Å²) in [4.78, 5) is 21.3. The summed E-state index contributed by atoms with van der Waals surface area (Å²) < 4.78 is 23.4. The van der Waals surface area contributed by atoms with Gasteiger partial charge in [0.1, 0.15) is 5.82 Å². The molecule has 2 aliphatic rings. The highest BCUT2D eigenvalue weighted by atomic mass is 32.2. The lowest BCUT2D eigenvalue weighted by Gasteiger charge is -2.33. The molecule has 2 saturated heterocycles. The van der Waals surface area contributed by atoms with E-state index in [1.165, 1.54) is 5.56 Å². The van der Waals surface area contributed by atoms with Crippen LogP contribution in [0.1, 0.15) is 5.56 Å². The van der Waals surface area contributed by atoms with Crippen LogP contribution in [0.4, 0.5) is 5.82 Å². The van der Waals surface area contributed by atoms with Gasteiger partial charge in [0, 0.05) is 63.1 Å². The molecule has 196 valence electrons. The smallest absolute Gasteiger partial charge is 0.152 e. The highest BCUT2D eigenvalue weighted by Crippen LogP contribution is 2.29. The van der Waals surface area contributed by atoms with Crippen molar-refractivity contribution in [3.63, 3.8) is 0 Å². The number of hydrogen-bond donors (Lipinski definition) is 0. The van der Waals surface area contributed by atoms with Crippen molar-refractivity contribution in [3.8, 4) is 22.4 Å². The van der Waals surface area contributed by atoms with Crippen molar-refractivity contribution in [2.45, 2.75) is 6.54 Å². The van der Waals surface area contributed by atoms with Gasteiger partial charge in [-0.25, -0.2) is 18.4 Å². The van der Waals surface area contributed by atoms with E-state index in [1.807, 2.05) is 24.5 Å². The third-order valence-electron chi connectivity index (χ3n) is 7.55. The topological polar surface area (TPSA) is 82.5 Å². The first-order valence-corrected chi connectivity index (χ1v) is 14.9. The second-order valence-electron chi connectivity index (χ2n) is 10.2. The molecule has 0 unspecified atom stereocenters. The second kappa shape index (κ2) is 10.4. The molecule has 0 atom stereocenters. The van der Waals surface area contributed by atoms with Gasteiger partial charge in [-0.3, -0.25) is 9.88 Å². The quantitative estimate of drug-likeness (QED) is 0.390. The lowest BCUT2D eigenvalue weighted by atomic mass is 10.0. The highest BCUT2D eigenvalue weighted by Gasteiger charge is 2.21. The Labute approximate surface area is 223 Å². The van der Waals surface area contributed by atoms with Crippen molar-refractivity contribution >= 4 is 26.7 Å². The Morgan fingerprint density at radius 3 is 2.24 bits per heavy atom. The number of nitrogens with zero attached hydrogens (tertiary/aromatic N) is 6. The summed E-state index contributed by atoms with van der Waals surface area (Å²) in [5.74, 6) is 1.49. The van der Waals surface area contributed by atoms with Crippen molar-refractivity contribution < 1.29 is 8.42 Å². The fourth-order valence-electron chi connectivity index (χ4n) is 5.12. The first-order chi connectivity index (χ1) is 18.4. The van der Waals surface area contributed by atoms with Gasteiger partial charge in [-0.1, -0.05) is 36.4 Å². The van der Waals surface area contributed by atoms with Gasteiger partial charge in [0.2, 0.25) is 0 Å². The van der Waals surface area contributed by atoms with Crippen molar-refractivity contribution in [1.29, 1.82) is 0 Å². The normalized spacial score (nSPS) is 18.6. The molecule has 6 rings (SSSR count). The van der Waals surface area contributed by atoms with Crippen LogP contribution in [0, 0.1) is 0 Å². The maximum Gasteiger partial charge on any atom is 0.152 e. The van der Waals surface area contributed by atoms with Crippen LogP contribution in [0.2, 0.25) is 0 Å². The van der Waals surface area contributed by atoms with E-state index in [-0.39, 0.29) is 11.5 Å². The minimum atomic E-state index is -2.87. The summed E-state index contributed by atoms with van der Waals surface area (Å²) in [5, 5.41) is 0. The molecule has 0 radical (unpaired) electrons. The summed E-state index contributed by atoms with van der Waals surface area (Å²) in [6.07, 6.45) is 3.72. The van der Waals surface area contributed by atoms with Gasteiger partial charge in [0.25, 0.3) is 0 Å². The number of piperazine rings is 1. The summed E-state index contributed by atoms with van der Waals surface area (Å²) in [7, 11) is -0.713. The Balaban J connectivity index is 1.22. The minimum absolute atomic E-state index is 0.246. The average molecular weight is 529 g/mol. The number of aromatic nitrogens is 3. The first-order valence-electron chi connectivity index (χ1n) is 13.1. The van der Waals surface area contributed by atoms with Gasteiger partial charge >= 0.3 is 0 Å². The summed E-state index contributed by atoms with van der Waals surface area (Å²) in [5.41, 5.74) is 6.76. The molecule has 2 aliphatic heterocycles. The van der Waals surface area contributed by atoms with E-state index in [9.17, 15) is 8.42 Å². The third-order valence-corrected chi connectivity index (χ3v) is 9.16. The molecule has 4 heterocycles. The molecule has 0 amide bonds. The number of rotatable bonds is 5. The fraction of sp³-hybridized carbons (Fsp3) is 0.345. The maximum atomic E-state index is 11.7. The van der Waals surface area contributed by atoms with Crippen LogP contribution in [-0.4, -0.2) is 91.0 Å². The van der Waals surface area contributed by atoms with Gasteiger partial charge in [-0.05, 0) is 36.4 Å². The molecule has 0 saturated carbocycles. The molecule has 0 spiro atoms. The minimum Gasteiger partial charge on any atom is -0.354 e. The van der Waals surface area contributed by atoms with Crippen LogP contribution < -0.4 is 4.90 Å². The Bertz CT molecular complexity index is 1520. The van der Waals surface area contributed by atoms with E-state index >= 15 is 0 Å². The number of para-hydroxylation sites is 1. The van der Waals surface area contributed by atoms with Crippen LogP contribution in [0.15, 0.2) is 67.0 Å². The molecule has 38 heavy (non-hydrogen) atoms. The zero-order valence-electron chi connectivity index (χ0n) is 21.6. The molecule has 2 aromatic heterocycles. The average Bonchev–Trinajstić information content (AvgIpc) is 2.95. The first kappa shape index (κ1) is 24.9. The molecule has 2 aromatic carbocycles. The number of anilines is 1. The largest absolute Gasteiger partial charge is 0.354 e. The summed E-state index contributed by atoms with van der Waals surface area (Å²) >= 11 is 0. The number of sulfone groups is 1. The number of pyridine rings is 1. The zero-order valence-corrected chi connectivity index (χ0v) is 22.4. The molecular formula is C29H32N6O2S. The monoisotopic (exact) mass is 528 g/mol. The Morgan fingerprint density at radius 1 is 0.789 bits per heavy atom. The Kier molecular flexibility index (Phi) is 6.82. The summed E-state index contributed by atoms with van der Waals surface area (Å²) in [6.45, 7) is 6.01. The molecule has 0 N–H and O–H groups in total. The zero-order chi connectivity index (χ0) is 26.1. The predicted octanol–water partition coefficient (Wildman–Crippen LogP) is 3.34. The van der Waals surface area contributed by atoms with E-state index < -0.39 is 9.84 Å². The molecule has 4 aromatic rings. The van der Waals surface area contributed by atoms with E-state index in [2.05, 4.69) is 64.2 Å². The van der Waals surface area contributed by atoms with E-state index in [1.54, 1.807) is 0 Å². The van der Waals surface area contributed by atoms with E-state index in [4.69, 9.17) is 15.0 Å². The van der Waals surface area contributed by atoms with Crippen LogP contribution >= 0.6 is 0 Å². The van der Waals surface area contributed by atoms with Crippen molar-refractivity contribution in [2.75, 3.05) is 62.7 Å². The lowest BCUT2D eigenvalue weighted by Crippen LogP contribution is -2.44. The molecule has 8 nitrogen and oxygen atoms in total. The van der Waals surface area contributed by atoms with Crippen LogP contribution in [-0.2, 0) is 16.4 Å². The fourth-order valence-corrected chi connectivity index (χ4v) is 6.40. The Morgan fingerprint density at radius 2 is 1.53 bits per heavy atom. The van der Waals surface area contributed by atoms with Crippen LogP contribution in [0.25, 0.3) is 33.4 Å². The van der Waals surface area contributed by atoms with Gasteiger partial charge in [0.05, 0.1) is 34.4 Å². The molecule has 0 aliphatic carbocycles. The number of likely N-dealkylation sites (N-methyl/N-ethyl adjacent to an activating group) is 1. The SMILES string of the molecule is CN1CCN(c2ccc(-c3cnc4cccc(-c5ccc(CN6CCS(=O)(=O)CC6)cc5)c4n3)cn2)CC1. The van der Waals surface area contributed by atoms with Crippen molar-refractivity contribution in [1.82, 2.24) is 24.8 Å². The van der Waals surface area contributed by atoms with Gasteiger partial charge in [0.15, 0.2) is 9.84 Å². The van der Waals surface area contributed by atoms with Gasteiger partial charge < -0.3 is 9.80 Å². The standard InChI is InChI=1S/C29H32N6O2S/c1-33-11-13-35(14-12-33)28-10-9-24(19-31-28)27-20-30-26-4-2-3-25(29(26)32-27)23-7-5-22(6-8-23)21-34-15-17-38(36,37)18-16-34/h2-10,19-20H,11-18,21H2,1H3. The molecular weight excluding hydrogens is 496 g/mol. The predicted molar refractivity (Wildman–Crippen MR) is 152 cm³/mol. The summed E-state index contributed by atoms with van der Waals surface area (Å²) in [6, 6.07) is 18.7. The van der Waals surface area contributed by atoms with Crippen LogP contribution in [0.5, 0.6) is 0 Å². The van der Waals surface area contributed by atoms with Crippen molar-refractivity contribution in [3.05, 3.63) is 72.6 Å². The number of benzene rings is 2. The van der Waals surface area contributed by atoms with Crippen LogP contribution in [0.3, 0.4) is 0 Å². The van der Waals surface area contributed by atoms with Gasteiger partial charge in [-0.15, -0.1) is 0 Å². The molecule has 9 heteroatoms. The lowest BCUT2D eigenvalue weighted by molar-refractivity contribution is 0.287. The highest BCUT2D eigenvalue weighted by molar-refractivity contribution is 7.91. The van der Waals surface area contributed by atoms with Crippen molar-refractivity contribution in [2.24, 2.45) is 0 Å². The Hall–Kier alpha value is -3.40. The van der Waals surface area contributed by atoms with Gasteiger partial charge in [-0.2, -0.15) is 0 Å². The van der Waals surface area contributed by atoms with E-state index in [0.717, 1.165) is 72.0 Å². The third kappa shape index (κ3) is 5.41. The number of hydrogen-bond acceptors (Lipinski definition) is 8. The van der Waals surface area contributed by atoms with E-state index in [0.29, 0.717) is 13.1 Å². The second-order valence-corrected chi connectivity index (χ2v) is 12.6.